The Morgan fingerprint density at radius 1 is 1.35 bits per heavy atom. The van der Waals surface area contributed by atoms with Gasteiger partial charge < -0.3 is 4.74 Å². The number of alkyl halides is 1. The monoisotopic (exact) mass is 274 g/mol. The van der Waals surface area contributed by atoms with Crippen LogP contribution in [0.2, 0.25) is 5.02 Å². The highest BCUT2D eigenvalue weighted by molar-refractivity contribution is 6.30. The number of hydrogen-bond acceptors (Lipinski definition) is 1. The van der Waals surface area contributed by atoms with E-state index >= 15 is 0 Å². The molecule has 17 heavy (non-hydrogen) atoms. The summed E-state index contributed by atoms with van der Waals surface area (Å²) in [5.41, 5.74) is 1.26. The number of rotatable bonds is 7. The van der Waals surface area contributed by atoms with E-state index in [0.717, 1.165) is 24.5 Å². The highest BCUT2D eigenvalue weighted by Gasteiger charge is 2.16. The summed E-state index contributed by atoms with van der Waals surface area (Å²) in [5, 5.41) is 0.792. The van der Waals surface area contributed by atoms with Crippen molar-refractivity contribution in [3.05, 3.63) is 34.9 Å². The number of hydrogen-bond donors (Lipinski definition) is 0. The van der Waals surface area contributed by atoms with Crippen LogP contribution < -0.4 is 0 Å². The lowest BCUT2D eigenvalue weighted by atomic mass is 9.87. The van der Waals surface area contributed by atoms with Gasteiger partial charge in [0.25, 0.3) is 0 Å². The fourth-order valence-electron chi connectivity index (χ4n) is 1.91. The van der Waals surface area contributed by atoms with E-state index in [9.17, 15) is 0 Å². The molecule has 2 atom stereocenters. The van der Waals surface area contributed by atoms with E-state index < -0.39 is 0 Å². The smallest absolute Gasteiger partial charge is 0.0464 e. The summed E-state index contributed by atoms with van der Waals surface area (Å²) >= 11 is 12.0. The fraction of sp³-hybridized carbons (Fsp3) is 0.571. The highest BCUT2D eigenvalue weighted by atomic mass is 35.5. The van der Waals surface area contributed by atoms with Gasteiger partial charge >= 0.3 is 0 Å². The Morgan fingerprint density at radius 2 is 2.12 bits per heavy atom. The molecular formula is C14H20Cl2O. The second-order valence-corrected chi connectivity index (χ2v) is 5.25. The molecule has 0 fully saturated rings. The van der Waals surface area contributed by atoms with Crippen LogP contribution in [-0.4, -0.2) is 19.6 Å². The van der Waals surface area contributed by atoms with Crippen molar-refractivity contribution in [2.24, 2.45) is 11.8 Å². The van der Waals surface area contributed by atoms with E-state index in [4.69, 9.17) is 27.9 Å². The van der Waals surface area contributed by atoms with E-state index in [-0.39, 0.29) is 0 Å². The predicted octanol–water partition coefficient (Wildman–Crippen LogP) is 4.41. The first kappa shape index (κ1) is 14.8. The second kappa shape index (κ2) is 7.97. The minimum absolute atomic E-state index is 0.477. The van der Waals surface area contributed by atoms with Gasteiger partial charge in [-0.1, -0.05) is 30.7 Å². The van der Waals surface area contributed by atoms with Crippen molar-refractivity contribution in [3.8, 4) is 0 Å². The summed E-state index contributed by atoms with van der Waals surface area (Å²) < 4.78 is 5.11. The Balaban J connectivity index is 2.56. The zero-order chi connectivity index (χ0) is 12.7. The number of benzene rings is 1. The zero-order valence-electron chi connectivity index (χ0n) is 10.5. The Labute approximate surface area is 114 Å². The highest BCUT2D eigenvalue weighted by Crippen LogP contribution is 2.23. The van der Waals surface area contributed by atoms with Gasteiger partial charge in [0, 0.05) is 24.6 Å². The molecule has 2 unspecified atom stereocenters. The molecule has 1 rings (SSSR count). The Hall–Kier alpha value is -0.240. The van der Waals surface area contributed by atoms with Crippen LogP contribution in [-0.2, 0) is 11.2 Å². The summed E-state index contributed by atoms with van der Waals surface area (Å²) in [6, 6.07) is 8.01. The minimum Gasteiger partial charge on any atom is -0.385 e. The molecule has 0 amide bonds. The quantitative estimate of drug-likeness (QED) is 0.670. The summed E-state index contributed by atoms with van der Waals surface area (Å²) in [5.74, 6) is 1.72. The molecule has 0 saturated heterocycles. The maximum absolute atomic E-state index is 6.06. The Kier molecular flexibility index (Phi) is 6.94. The van der Waals surface area contributed by atoms with Gasteiger partial charge in [-0.15, -0.1) is 11.6 Å². The second-order valence-electron chi connectivity index (χ2n) is 4.51. The lowest BCUT2D eigenvalue weighted by Gasteiger charge is -2.21. The molecular weight excluding hydrogens is 255 g/mol. The fourth-order valence-corrected chi connectivity index (χ4v) is 2.54. The average Bonchev–Trinajstić information content (AvgIpc) is 2.33. The molecule has 0 saturated carbocycles. The van der Waals surface area contributed by atoms with Crippen LogP contribution in [0.15, 0.2) is 24.3 Å². The Bertz CT molecular complexity index is 328. The number of halogens is 2. The molecule has 0 aliphatic carbocycles. The maximum Gasteiger partial charge on any atom is 0.0464 e. The molecule has 0 aliphatic heterocycles. The van der Waals surface area contributed by atoms with Crippen LogP contribution in [0.5, 0.6) is 0 Å². The van der Waals surface area contributed by atoms with Gasteiger partial charge in [-0.3, -0.25) is 0 Å². The molecule has 0 radical (unpaired) electrons. The van der Waals surface area contributed by atoms with Crippen molar-refractivity contribution >= 4 is 23.2 Å². The molecule has 1 nitrogen and oxygen atoms in total. The molecule has 1 aromatic carbocycles. The molecule has 0 N–H and O–H groups in total. The van der Waals surface area contributed by atoms with Crippen LogP contribution in [0.1, 0.15) is 18.9 Å². The molecule has 96 valence electrons. The van der Waals surface area contributed by atoms with Crippen molar-refractivity contribution in [2.45, 2.75) is 19.8 Å². The molecule has 0 aliphatic rings. The third-order valence-electron chi connectivity index (χ3n) is 3.17. The first-order valence-electron chi connectivity index (χ1n) is 5.96. The van der Waals surface area contributed by atoms with E-state index in [1.165, 1.54) is 5.56 Å². The topological polar surface area (TPSA) is 9.23 Å². The molecule has 3 heteroatoms. The van der Waals surface area contributed by atoms with Crippen molar-refractivity contribution in [2.75, 3.05) is 19.6 Å². The van der Waals surface area contributed by atoms with Crippen LogP contribution >= 0.6 is 23.2 Å². The lowest BCUT2D eigenvalue weighted by molar-refractivity contribution is 0.168. The van der Waals surface area contributed by atoms with Crippen LogP contribution in [0.4, 0.5) is 0 Å². The molecule has 0 spiro atoms. The van der Waals surface area contributed by atoms with E-state index in [2.05, 4.69) is 13.0 Å². The van der Waals surface area contributed by atoms with Crippen molar-refractivity contribution < 1.29 is 4.74 Å². The average molecular weight is 275 g/mol. The first-order chi connectivity index (χ1) is 8.17. The molecule has 1 aromatic rings. The van der Waals surface area contributed by atoms with Crippen molar-refractivity contribution in [3.63, 3.8) is 0 Å². The van der Waals surface area contributed by atoms with E-state index in [1.54, 1.807) is 7.11 Å². The van der Waals surface area contributed by atoms with Crippen LogP contribution in [0.3, 0.4) is 0 Å². The summed E-state index contributed by atoms with van der Waals surface area (Å²) in [6.45, 7) is 3.03. The first-order valence-corrected chi connectivity index (χ1v) is 6.88. The van der Waals surface area contributed by atoms with Gasteiger partial charge in [-0.05, 0) is 42.4 Å². The Morgan fingerprint density at radius 3 is 2.71 bits per heavy atom. The van der Waals surface area contributed by atoms with Gasteiger partial charge in [-0.25, -0.2) is 0 Å². The van der Waals surface area contributed by atoms with Crippen LogP contribution in [0.25, 0.3) is 0 Å². The summed E-state index contributed by atoms with van der Waals surface area (Å²) in [7, 11) is 1.74. The van der Waals surface area contributed by atoms with Gasteiger partial charge in [0.1, 0.15) is 0 Å². The normalized spacial score (nSPS) is 14.6. The number of ether oxygens (including phenoxy) is 1. The number of methoxy groups -OCH3 is 1. The summed E-state index contributed by atoms with van der Waals surface area (Å²) in [6.07, 6.45) is 2.03. The van der Waals surface area contributed by atoms with E-state index in [0.29, 0.717) is 17.7 Å². The van der Waals surface area contributed by atoms with Gasteiger partial charge in [0.05, 0.1) is 0 Å². The van der Waals surface area contributed by atoms with Gasteiger partial charge in [0.15, 0.2) is 0 Å². The summed E-state index contributed by atoms with van der Waals surface area (Å²) in [4.78, 5) is 0. The largest absolute Gasteiger partial charge is 0.385 e. The van der Waals surface area contributed by atoms with E-state index in [1.807, 2.05) is 18.2 Å². The molecule has 0 bridgehead atoms. The lowest BCUT2D eigenvalue weighted by Crippen LogP contribution is -2.18. The maximum atomic E-state index is 6.06. The van der Waals surface area contributed by atoms with Gasteiger partial charge in [0.2, 0.25) is 0 Å². The minimum atomic E-state index is 0.477. The van der Waals surface area contributed by atoms with Crippen molar-refractivity contribution in [1.29, 1.82) is 0 Å². The molecule has 0 heterocycles. The third-order valence-corrected chi connectivity index (χ3v) is 3.80. The predicted molar refractivity (Wildman–Crippen MR) is 75.0 cm³/mol. The van der Waals surface area contributed by atoms with Gasteiger partial charge in [-0.2, -0.15) is 0 Å². The SMILES string of the molecule is COCCC(C)C(CCl)Cc1cccc(Cl)c1. The zero-order valence-corrected chi connectivity index (χ0v) is 12.0. The van der Waals surface area contributed by atoms with Crippen LogP contribution in [0, 0.1) is 11.8 Å². The molecule has 0 aromatic heterocycles. The third kappa shape index (κ3) is 5.29. The van der Waals surface area contributed by atoms with Crippen molar-refractivity contribution in [1.82, 2.24) is 0 Å². The standard InChI is InChI=1S/C14H20Cl2O/c1-11(6-7-17-2)13(10-15)8-12-4-3-5-14(16)9-12/h3-5,9,11,13H,6-8,10H2,1-2H3.